The van der Waals surface area contributed by atoms with Crippen molar-refractivity contribution in [2.24, 2.45) is 0 Å². The second-order valence-corrected chi connectivity index (χ2v) is 5.43. The molecule has 0 saturated heterocycles. The second-order valence-electron chi connectivity index (χ2n) is 5.43. The molecular weight excluding hydrogens is 258 g/mol. The van der Waals surface area contributed by atoms with E-state index < -0.39 is 0 Å². The third-order valence-corrected chi connectivity index (χ3v) is 4.21. The Morgan fingerprint density at radius 1 is 1.14 bits per heavy atom. The number of hydrogen-bond donors (Lipinski definition) is 0. The predicted molar refractivity (Wildman–Crippen MR) is 85.0 cm³/mol. The van der Waals surface area contributed by atoms with Crippen molar-refractivity contribution in [3.63, 3.8) is 0 Å². The van der Waals surface area contributed by atoms with Crippen LogP contribution < -0.4 is 0 Å². The minimum Gasteiger partial charge on any atom is -0.324 e. The zero-order valence-electron chi connectivity index (χ0n) is 12.2. The topological polar surface area (TPSA) is 20.3 Å². The van der Waals surface area contributed by atoms with E-state index in [9.17, 15) is 4.79 Å². The van der Waals surface area contributed by atoms with Crippen LogP contribution in [0.3, 0.4) is 0 Å². The molecule has 1 heterocycles. The molecule has 2 nitrogen and oxygen atoms in total. The van der Waals surface area contributed by atoms with Crippen LogP contribution in [0.4, 0.5) is 0 Å². The molecule has 0 unspecified atom stereocenters. The molecule has 2 heteroatoms. The van der Waals surface area contributed by atoms with E-state index in [4.69, 9.17) is 0 Å². The highest BCUT2D eigenvalue weighted by atomic mass is 16.2. The van der Waals surface area contributed by atoms with E-state index in [2.05, 4.69) is 31.7 Å². The van der Waals surface area contributed by atoms with E-state index in [1.807, 2.05) is 47.4 Å². The normalized spacial score (nSPS) is 18.4. The van der Waals surface area contributed by atoms with E-state index in [-0.39, 0.29) is 18.0 Å². The molecule has 2 aromatic carbocycles. The molecule has 0 bridgehead atoms. The summed E-state index contributed by atoms with van der Waals surface area (Å²) in [6.45, 7) is 5.94. The van der Waals surface area contributed by atoms with Gasteiger partial charge in [0.15, 0.2) is 0 Å². The minimum absolute atomic E-state index is 0.0519. The maximum Gasteiger partial charge on any atom is 0.255 e. The van der Waals surface area contributed by atoms with E-state index in [1.54, 1.807) is 0 Å². The Balaban J connectivity index is 2.02. The molecule has 0 saturated carbocycles. The average Bonchev–Trinajstić information content (AvgIpc) is 2.81. The van der Waals surface area contributed by atoms with Crippen molar-refractivity contribution < 1.29 is 4.79 Å². The molecule has 1 aliphatic rings. The van der Waals surface area contributed by atoms with Crippen LogP contribution in [0, 0.1) is 0 Å². The summed E-state index contributed by atoms with van der Waals surface area (Å²) in [4.78, 5) is 14.8. The quantitative estimate of drug-likeness (QED) is 0.752. The molecule has 0 fully saturated rings. The number of nitrogens with zero attached hydrogens (tertiary/aromatic N) is 1. The van der Waals surface area contributed by atoms with Crippen molar-refractivity contribution in [2.45, 2.75) is 25.4 Å². The van der Waals surface area contributed by atoms with Gasteiger partial charge in [-0.1, -0.05) is 54.6 Å². The van der Waals surface area contributed by atoms with Crippen molar-refractivity contribution in [3.05, 3.63) is 83.9 Å². The molecule has 0 radical (unpaired) electrons. The van der Waals surface area contributed by atoms with Gasteiger partial charge in [0.1, 0.15) is 0 Å². The first kappa shape index (κ1) is 13.6. The Morgan fingerprint density at radius 3 is 2.52 bits per heavy atom. The lowest BCUT2D eigenvalue weighted by atomic mass is 10.0. The maximum atomic E-state index is 12.8. The molecule has 1 aliphatic heterocycles. The van der Waals surface area contributed by atoms with Gasteiger partial charge >= 0.3 is 0 Å². The number of carbonyl (C=O) groups is 1. The summed E-state index contributed by atoms with van der Waals surface area (Å²) in [5.41, 5.74) is 3.10. The van der Waals surface area contributed by atoms with Crippen molar-refractivity contribution >= 4 is 5.91 Å². The molecule has 0 aliphatic carbocycles. The smallest absolute Gasteiger partial charge is 0.255 e. The van der Waals surface area contributed by atoms with Crippen molar-refractivity contribution in [1.29, 1.82) is 0 Å². The van der Waals surface area contributed by atoms with Crippen molar-refractivity contribution in [2.75, 3.05) is 0 Å². The largest absolute Gasteiger partial charge is 0.324 e. The monoisotopic (exact) mass is 277 g/mol. The molecule has 0 spiro atoms. The van der Waals surface area contributed by atoms with Crippen LogP contribution in [0.1, 0.15) is 46.9 Å². The molecule has 106 valence electrons. The minimum atomic E-state index is 0.0519. The van der Waals surface area contributed by atoms with Gasteiger partial charge < -0.3 is 4.90 Å². The van der Waals surface area contributed by atoms with Gasteiger partial charge in [0, 0.05) is 5.56 Å². The SMILES string of the molecule is C=CC[C@H]1c2ccccc2C(=O)N1[C@H](C)c1ccccc1. The lowest BCUT2D eigenvalue weighted by Crippen LogP contribution is -2.30. The first-order chi connectivity index (χ1) is 10.2. The standard InChI is InChI=1S/C19H19NO/c1-3-9-18-16-12-7-8-13-17(16)19(21)20(18)14(2)15-10-5-4-6-11-15/h3-8,10-14,18H,1,9H2,2H3/t14-,18+/m1/s1. The summed E-state index contributed by atoms with van der Waals surface area (Å²) >= 11 is 0. The van der Waals surface area contributed by atoms with Gasteiger partial charge in [-0.05, 0) is 30.5 Å². The van der Waals surface area contributed by atoms with Crippen molar-refractivity contribution in [1.82, 2.24) is 4.90 Å². The lowest BCUT2D eigenvalue weighted by Gasteiger charge is -2.31. The van der Waals surface area contributed by atoms with Gasteiger partial charge in [0.2, 0.25) is 0 Å². The Kier molecular flexibility index (Phi) is 3.61. The molecule has 0 aromatic heterocycles. The van der Waals surface area contributed by atoms with E-state index in [0.29, 0.717) is 0 Å². The fraction of sp³-hybridized carbons (Fsp3) is 0.211. The first-order valence-electron chi connectivity index (χ1n) is 7.31. The number of amides is 1. The average molecular weight is 277 g/mol. The van der Waals surface area contributed by atoms with Crippen molar-refractivity contribution in [3.8, 4) is 0 Å². The molecule has 21 heavy (non-hydrogen) atoms. The Bertz CT molecular complexity index is 662. The van der Waals surface area contributed by atoms with E-state index in [0.717, 1.165) is 23.1 Å². The molecule has 2 atom stereocenters. The molecule has 2 aromatic rings. The van der Waals surface area contributed by atoms with Crippen LogP contribution in [-0.4, -0.2) is 10.8 Å². The highest BCUT2D eigenvalue weighted by molar-refractivity contribution is 5.99. The third kappa shape index (κ3) is 2.27. The first-order valence-corrected chi connectivity index (χ1v) is 7.31. The van der Waals surface area contributed by atoms with E-state index in [1.165, 1.54) is 0 Å². The molecular formula is C19H19NO. The summed E-state index contributed by atoms with van der Waals surface area (Å²) in [5, 5.41) is 0. The zero-order valence-corrected chi connectivity index (χ0v) is 12.2. The fourth-order valence-corrected chi connectivity index (χ4v) is 3.15. The molecule has 3 rings (SSSR count). The van der Waals surface area contributed by atoms with Crippen LogP contribution in [-0.2, 0) is 0 Å². The summed E-state index contributed by atoms with van der Waals surface area (Å²) in [7, 11) is 0. The second kappa shape index (κ2) is 5.57. The highest BCUT2D eigenvalue weighted by Crippen LogP contribution is 2.41. The predicted octanol–water partition coefficient (Wildman–Crippen LogP) is 4.52. The third-order valence-electron chi connectivity index (χ3n) is 4.21. The summed E-state index contributed by atoms with van der Waals surface area (Å²) in [6.07, 6.45) is 2.67. The lowest BCUT2D eigenvalue weighted by molar-refractivity contribution is 0.0645. The molecule has 0 N–H and O–H groups in total. The van der Waals surface area contributed by atoms with Crippen LogP contribution in [0.15, 0.2) is 67.3 Å². The fourth-order valence-electron chi connectivity index (χ4n) is 3.15. The van der Waals surface area contributed by atoms with Gasteiger partial charge in [-0.15, -0.1) is 6.58 Å². The van der Waals surface area contributed by atoms with Crippen LogP contribution in [0.5, 0.6) is 0 Å². The Labute approximate surface area is 125 Å². The zero-order chi connectivity index (χ0) is 14.8. The van der Waals surface area contributed by atoms with Gasteiger partial charge in [0.25, 0.3) is 5.91 Å². The summed E-state index contributed by atoms with van der Waals surface area (Å²) in [6, 6.07) is 18.2. The Morgan fingerprint density at radius 2 is 1.81 bits per heavy atom. The maximum absolute atomic E-state index is 12.8. The number of benzene rings is 2. The number of rotatable bonds is 4. The van der Waals surface area contributed by atoms with Gasteiger partial charge in [0.05, 0.1) is 12.1 Å². The summed E-state index contributed by atoms with van der Waals surface area (Å²) in [5.74, 6) is 0.119. The van der Waals surface area contributed by atoms with Gasteiger partial charge in [-0.25, -0.2) is 0 Å². The summed E-state index contributed by atoms with van der Waals surface area (Å²) < 4.78 is 0. The van der Waals surface area contributed by atoms with Gasteiger partial charge in [-0.2, -0.15) is 0 Å². The van der Waals surface area contributed by atoms with Gasteiger partial charge in [-0.3, -0.25) is 4.79 Å². The highest BCUT2D eigenvalue weighted by Gasteiger charge is 2.38. The van der Waals surface area contributed by atoms with Crippen LogP contribution in [0.2, 0.25) is 0 Å². The van der Waals surface area contributed by atoms with Crippen LogP contribution in [0.25, 0.3) is 0 Å². The molecule has 1 amide bonds. The van der Waals surface area contributed by atoms with Crippen LogP contribution >= 0.6 is 0 Å². The number of hydrogen-bond acceptors (Lipinski definition) is 1. The number of fused-ring (bicyclic) bond motifs is 1. The van der Waals surface area contributed by atoms with E-state index >= 15 is 0 Å². The Hall–Kier alpha value is -2.35. The number of carbonyl (C=O) groups excluding carboxylic acids is 1.